The molecule has 1 aromatic heterocycles. The van der Waals surface area contributed by atoms with Crippen molar-refractivity contribution in [3.8, 4) is 17.2 Å². The zero-order valence-electron chi connectivity index (χ0n) is 19.4. The normalized spacial score (nSPS) is 11.0. The second-order valence-electron chi connectivity index (χ2n) is 8.47. The average molecular weight is 452 g/mol. The van der Waals surface area contributed by atoms with Crippen LogP contribution in [0, 0.1) is 4.77 Å². The molecule has 1 N–H and O–H groups in total. The number of aryl methyl sites for hydroxylation is 1. The molecule has 0 unspecified atom stereocenters. The van der Waals surface area contributed by atoms with Crippen LogP contribution in [0.2, 0.25) is 0 Å². The number of H-pyrrole nitrogens is 1. The summed E-state index contributed by atoms with van der Waals surface area (Å²) in [5, 5.41) is 3.20. The predicted octanol–water partition coefficient (Wildman–Crippen LogP) is 8.58. The molecule has 1 heterocycles. The fraction of sp³-hybridized carbons (Fsp3) is 0.481. The molecule has 0 aliphatic heterocycles. The Morgan fingerprint density at radius 1 is 0.750 bits per heavy atom. The van der Waals surface area contributed by atoms with Crippen molar-refractivity contribution in [1.82, 2.24) is 14.8 Å². The summed E-state index contributed by atoms with van der Waals surface area (Å²) in [5.74, 6) is 2.65. The van der Waals surface area contributed by atoms with Gasteiger partial charge in [-0.05, 0) is 55.0 Å². The van der Waals surface area contributed by atoms with Gasteiger partial charge in [0.25, 0.3) is 0 Å². The number of unbranched alkanes of at least 4 members (excludes halogenated alkanes) is 10. The number of aromatic nitrogens is 3. The Hall–Kier alpha value is -2.40. The molecule has 3 rings (SSSR count). The van der Waals surface area contributed by atoms with Gasteiger partial charge in [-0.1, -0.05) is 89.3 Å². The molecule has 3 aromatic rings. The standard InChI is InChI=1S/C27H37N3OS/c1-2-3-4-5-6-7-8-9-10-11-15-18-26-28-27(32)29-30(26)23-19-21-25(22-20-23)31-24-16-13-12-14-17-24/h12-14,16-17,19-22H,2-11,15,18H2,1H3,(H,29,32). The van der Waals surface area contributed by atoms with Crippen molar-refractivity contribution >= 4 is 12.2 Å². The quantitative estimate of drug-likeness (QED) is 0.186. The van der Waals surface area contributed by atoms with Crippen LogP contribution in [0.5, 0.6) is 11.5 Å². The molecule has 0 fully saturated rings. The summed E-state index contributed by atoms with van der Waals surface area (Å²) in [5.41, 5.74) is 1.02. The van der Waals surface area contributed by atoms with E-state index in [9.17, 15) is 0 Å². The van der Waals surface area contributed by atoms with Gasteiger partial charge in [0.2, 0.25) is 4.77 Å². The number of aromatic amines is 1. The van der Waals surface area contributed by atoms with Gasteiger partial charge in [-0.3, -0.25) is 5.10 Å². The lowest BCUT2D eigenvalue weighted by atomic mass is 10.1. The third kappa shape index (κ3) is 8.27. The van der Waals surface area contributed by atoms with E-state index in [2.05, 4.69) is 17.0 Å². The minimum Gasteiger partial charge on any atom is -0.457 e. The zero-order chi connectivity index (χ0) is 22.4. The molecule has 2 aromatic carbocycles. The Balaban J connectivity index is 1.41. The molecule has 0 saturated heterocycles. The van der Waals surface area contributed by atoms with Crippen molar-refractivity contribution in [1.29, 1.82) is 0 Å². The SMILES string of the molecule is CCCCCCCCCCCCCc1nc(=S)[nH]n1-c1ccc(Oc2ccccc2)cc1. The molecule has 172 valence electrons. The predicted molar refractivity (Wildman–Crippen MR) is 135 cm³/mol. The molecule has 0 radical (unpaired) electrons. The van der Waals surface area contributed by atoms with Crippen LogP contribution in [0.15, 0.2) is 54.6 Å². The van der Waals surface area contributed by atoms with Crippen LogP contribution < -0.4 is 4.74 Å². The fourth-order valence-electron chi connectivity index (χ4n) is 3.97. The third-order valence-electron chi connectivity index (χ3n) is 5.77. The fourth-order valence-corrected chi connectivity index (χ4v) is 4.17. The van der Waals surface area contributed by atoms with Crippen LogP contribution in [0.25, 0.3) is 5.69 Å². The van der Waals surface area contributed by atoms with E-state index < -0.39 is 0 Å². The molecule has 0 amide bonds. The summed E-state index contributed by atoms with van der Waals surface area (Å²) in [6.45, 7) is 2.28. The van der Waals surface area contributed by atoms with E-state index in [1.165, 1.54) is 64.2 Å². The van der Waals surface area contributed by atoms with Gasteiger partial charge in [-0.25, -0.2) is 9.67 Å². The number of ether oxygens (including phenoxy) is 1. The highest BCUT2D eigenvalue weighted by atomic mass is 32.1. The number of hydrogen-bond donors (Lipinski definition) is 1. The van der Waals surface area contributed by atoms with Crippen LogP contribution in [-0.2, 0) is 6.42 Å². The molecular formula is C27H37N3OS. The Labute approximate surface area is 198 Å². The highest BCUT2D eigenvalue weighted by molar-refractivity contribution is 7.71. The number of nitrogens with zero attached hydrogens (tertiary/aromatic N) is 2. The Morgan fingerprint density at radius 3 is 1.94 bits per heavy atom. The third-order valence-corrected chi connectivity index (χ3v) is 5.96. The van der Waals surface area contributed by atoms with Crippen molar-refractivity contribution < 1.29 is 4.74 Å². The van der Waals surface area contributed by atoms with Gasteiger partial charge in [-0.15, -0.1) is 0 Å². The highest BCUT2D eigenvalue weighted by Gasteiger charge is 2.08. The first-order valence-electron chi connectivity index (χ1n) is 12.3. The highest BCUT2D eigenvalue weighted by Crippen LogP contribution is 2.23. The van der Waals surface area contributed by atoms with Gasteiger partial charge in [0.1, 0.15) is 17.3 Å². The number of benzene rings is 2. The second kappa shape index (κ2) is 13.9. The summed E-state index contributed by atoms with van der Waals surface area (Å²) in [6, 6.07) is 17.8. The number of hydrogen-bond acceptors (Lipinski definition) is 3. The Morgan fingerprint density at radius 2 is 1.31 bits per heavy atom. The van der Waals surface area contributed by atoms with E-state index in [0.29, 0.717) is 4.77 Å². The van der Waals surface area contributed by atoms with Crippen LogP contribution in [0.3, 0.4) is 0 Å². The summed E-state index contributed by atoms with van der Waals surface area (Å²) >= 11 is 5.31. The molecular weight excluding hydrogens is 414 g/mol. The van der Waals surface area contributed by atoms with Gasteiger partial charge < -0.3 is 4.74 Å². The molecule has 32 heavy (non-hydrogen) atoms. The monoisotopic (exact) mass is 451 g/mol. The van der Waals surface area contributed by atoms with E-state index in [0.717, 1.165) is 35.9 Å². The zero-order valence-corrected chi connectivity index (χ0v) is 20.2. The second-order valence-corrected chi connectivity index (χ2v) is 8.86. The first-order valence-corrected chi connectivity index (χ1v) is 12.7. The molecule has 5 heteroatoms. The largest absolute Gasteiger partial charge is 0.457 e. The van der Waals surface area contributed by atoms with Crippen molar-refractivity contribution in [2.75, 3.05) is 0 Å². The topological polar surface area (TPSA) is 42.8 Å². The van der Waals surface area contributed by atoms with Crippen molar-refractivity contribution in [3.63, 3.8) is 0 Å². The van der Waals surface area contributed by atoms with E-state index in [-0.39, 0.29) is 0 Å². The van der Waals surface area contributed by atoms with Crippen molar-refractivity contribution in [3.05, 3.63) is 65.2 Å². The minimum absolute atomic E-state index is 0.535. The molecule has 0 bridgehead atoms. The minimum atomic E-state index is 0.535. The number of nitrogens with one attached hydrogen (secondary N) is 1. The van der Waals surface area contributed by atoms with Crippen LogP contribution >= 0.6 is 12.2 Å². The Kier molecular flexibility index (Phi) is 10.5. The summed E-state index contributed by atoms with van der Waals surface area (Å²) < 4.78 is 8.43. The first-order chi connectivity index (χ1) is 15.8. The van der Waals surface area contributed by atoms with E-state index >= 15 is 0 Å². The van der Waals surface area contributed by atoms with E-state index in [1.807, 2.05) is 59.3 Å². The van der Waals surface area contributed by atoms with Crippen LogP contribution in [-0.4, -0.2) is 14.8 Å². The molecule has 0 aliphatic rings. The van der Waals surface area contributed by atoms with E-state index in [1.54, 1.807) is 0 Å². The van der Waals surface area contributed by atoms with Gasteiger partial charge in [-0.2, -0.15) is 0 Å². The summed E-state index contributed by atoms with van der Waals surface area (Å²) in [7, 11) is 0. The average Bonchev–Trinajstić information content (AvgIpc) is 3.19. The van der Waals surface area contributed by atoms with Crippen molar-refractivity contribution in [2.45, 2.75) is 84.0 Å². The van der Waals surface area contributed by atoms with Gasteiger partial charge in [0.15, 0.2) is 0 Å². The number of para-hydroxylation sites is 1. The molecule has 0 saturated carbocycles. The maximum absolute atomic E-state index is 5.89. The lowest BCUT2D eigenvalue weighted by Crippen LogP contribution is -2.03. The maximum Gasteiger partial charge on any atom is 0.213 e. The van der Waals surface area contributed by atoms with Gasteiger partial charge in [0, 0.05) is 6.42 Å². The van der Waals surface area contributed by atoms with Crippen LogP contribution in [0.4, 0.5) is 0 Å². The van der Waals surface area contributed by atoms with E-state index in [4.69, 9.17) is 17.0 Å². The van der Waals surface area contributed by atoms with Crippen molar-refractivity contribution in [2.24, 2.45) is 0 Å². The smallest absolute Gasteiger partial charge is 0.213 e. The summed E-state index contributed by atoms with van der Waals surface area (Å²) in [4.78, 5) is 4.55. The first kappa shape index (κ1) is 24.2. The number of rotatable bonds is 15. The lowest BCUT2D eigenvalue weighted by Gasteiger charge is -2.09. The van der Waals surface area contributed by atoms with Gasteiger partial charge in [0.05, 0.1) is 5.69 Å². The molecule has 0 atom stereocenters. The Bertz CT molecular complexity index is 947. The molecule has 0 aliphatic carbocycles. The van der Waals surface area contributed by atoms with Gasteiger partial charge >= 0.3 is 0 Å². The lowest BCUT2D eigenvalue weighted by molar-refractivity contribution is 0.482. The maximum atomic E-state index is 5.89. The van der Waals surface area contributed by atoms with Crippen LogP contribution in [0.1, 0.15) is 83.4 Å². The summed E-state index contributed by atoms with van der Waals surface area (Å²) in [6.07, 6.45) is 15.7. The molecule has 4 nitrogen and oxygen atoms in total. The molecule has 0 spiro atoms.